The molecule has 1 rings (SSSR count). The van der Waals surface area contributed by atoms with E-state index in [1.807, 2.05) is 0 Å². The van der Waals surface area contributed by atoms with Crippen LogP contribution in [0.25, 0.3) is 0 Å². The van der Waals surface area contributed by atoms with Gasteiger partial charge in [0.1, 0.15) is 0 Å². The lowest BCUT2D eigenvalue weighted by atomic mass is 10.0. The Morgan fingerprint density at radius 3 is 2.67 bits per heavy atom. The van der Waals surface area contributed by atoms with E-state index in [1.165, 1.54) is 45.2 Å². The first-order valence-electron chi connectivity index (χ1n) is 7.91. The molecule has 0 saturated carbocycles. The van der Waals surface area contributed by atoms with Gasteiger partial charge in [-0.25, -0.2) is 0 Å². The van der Waals surface area contributed by atoms with Crippen molar-refractivity contribution in [1.82, 2.24) is 10.2 Å². The first-order chi connectivity index (χ1) is 8.42. The monoisotopic (exact) mass is 254 g/mol. The second-order valence-electron chi connectivity index (χ2n) is 7.11. The van der Waals surface area contributed by atoms with Gasteiger partial charge in [0, 0.05) is 18.1 Å². The maximum absolute atomic E-state index is 3.58. The normalized spacial score (nSPS) is 23.5. The van der Waals surface area contributed by atoms with Gasteiger partial charge >= 0.3 is 0 Å². The molecule has 2 heteroatoms. The summed E-state index contributed by atoms with van der Waals surface area (Å²) in [6, 6.07) is 0.772. The zero-order valence-corrected chi connectivity index (χ0v) is 13.3. The van der Waals surface area contributed by atoms with Crippen LogP contribution in [0.15, 0.2) is 0 Å². The summed E-state index contributed by atoms with van der Waals surface area (Å²) in [6.45, 7) is 15.3. The molecule has 0 aromatic rings. The van der Waals surface area contributed by atoms with Crippen LogP contribution in [0.4, 0.5) is 0 Å². The number of nitrogens with one attached hydrogen (secondary N) is 1. The Kier molecular flexibility index (Phi) is 6.65. The molecule has 1 N–H and O–H groups in total. The molecule has 1 aliphatic heterocycles. The second-order valence-corrected chi connectivity index (χ2v) is 7.11. The zero-order chi connectivity index (χ0) is 13.6. The lowest BCUT2D eigenvalue weighted by Crippen LogP contribution is -2.37. The maximum atomic E-state index is 3.58. The standard InChI is InChI=1S/C16H34N2/c1-6-8-15-10-12-18(13-15)14(2)9-7-11-17-16(3,4)5/h14-15,17H,6-13H2,1-5H3. The summed E-state index contributed by atoms with van der Waals surface area (Å²) in [5.74, 6) is 0.977. The third kappa shape index (κ3) is 6.19. The fourth-order valence-corrected chi connectivity index (χ4v) is 2.95. The zero-order valence-electron chi connectivity index (χ0n) is 13.3. The molecule has 1 saturated heterocycles. The summed E-state index contributed by atoms with van der Waals surface area (Å²) in [4.78, 5) is 2.71. The van der Waals surface area contributed by atoms with Gasteiger partial charge in [-0.05, 0) is 72.4 Å². The van der Waals surface area contributed by atoms with Crippen LogP contribution in [0, 0.1) is 5.92 Å². The van der Waals surface area contributed by atoms with Crippen molar-refractivity contribution >= 4 is 0 Å². The predicted octanol–water partition coefficient (Wildman–Crippen LogP) is 3.67. The summed E-state index contributed by atoms with van der Waals surface area (Å²) in [5, 5.41) is 3.58. The highest BCUT2D eigenvalue weighted by Crippen LogP contribution is 2.23. The topological polar surface area (TPSA) is 15.3 Å². The van der Waals surface area contributed by atoms with E-state index in [1.54, 1.807) is 0 Å². The number of rotatable bonds is 7. The third-order valence-corrected chi connectivity index (χ3v) is 4.09. The first kappa shape index (κ1) is 16.0. The van der Waals surface area contributed by atoms with Crippen molar-refractivity contribution in [1.29, 1.82) is 0 Å². The highest BCUT2D eigenvalue weighted by atomic mass is 15.2. The Hall–Kier alpha value is -0.0800. The Balaban J connectivity index is 2.12. The fraction of sp³-hybridized carbons (Fsp3) is 1.00. The third-order valence-electron chi connectivity index (χ3n) is 4.09. The smallest absolute Gasteiger partial charge is 0.00965 e. The molecule has 0 aromatic carbocycles. The van der Waals surface area contributed by atoms with Crippen LogP contribution in [0.5, 0.6) is 0 Å². The molecule has 1 aliphatic rings. The highest BCUT2D eigenvalue weighted by molar-refractivity contribution is 4.79. The Bertz CT molecular complexity index is 220. The summed E-state index contributed by atoms with van der Waals surface area (Å²) >= 11 is 0. The molecule has 0 spiro atoms. The molecule has 2 atom stereocenters. The summed E-state index contributed by atoms with van der Waals surface area (Å²) < 4.78 is 0. The van der Waals surface area contributed by atoms with E-state index in [0.717, 1.165) is 18.5 Å². The molecular weight excluding hydrogens is 220 g/mol. The molecule has 18 heavy (non-hydrogen) atoms. The van der Waals surface area contributed by atoms with Crippen molar-refractivity contribution < 1.29 is 0 Å². The Morgan fingerprint density at radius 1 is 1.33 bits per heavy atom. The van der Waals surface area contributed by atoms with Crippen LogP contribution in [-0.2, 0) is 0 Å². The lowest BCUT2D eigenvalue weighted by molar-refractivity contribution is 0.231. The van der Waals surface area contributed by atoms with Crippen molar-refractivity contribution in [3.05, 3.63) is 0 Å². The van der Waals surface area contributed by atoms with Gasteiger partial charge in [-0.2, -0.15) is 0 Å². The molecule has 0 amide bonds. The lowest BCUT2D eigenvalue weighted by Gasteiger charge is -2.26. The van der Waals surface area contributed by atoms with Crippen LogP contribution in [0.3, 0.4) is 0 Å². The number of likely N-dealkylation sites (tertiary alicyclic amines) is 1. The van der Waals surface area contributed by atoms with Crippen molar-refractivity contribution in [3.8, 4) is 0 Å². The van der Waals surface area contributed by atoms with E-state index in [2.05, 4.69) is 44.8 Å². The number of hydrogen-bond donors (Lipinski definition) is 1. The minimum Gasteiger partial charge on any atom is -0.312 e. The minimum atomic E-state index is 0.267. The van der Waals surface area contributed by atoms with E-state index >= 15 is 0 Å². The first-order valence-corrected chi connectivity index (χ1v) is 7.91. The van der Waals surface area contributed by atoms with E-state index < -0.39 is 0 Å². The summed E-state index contributed by atoms with van der Waals surface area (Å²) in [6.07, 6.45) is 6.84. The summed E-state index contributed by atoms with van der Waals surface area (Å²) in [5.41, 5.74) is 0.267. The molecule has 0 bridgehead atoms. The van der Waals surface area contributed by atoms with E-state index in [9.17, 15) is 0 Å². The molecular formula is C16H34N2. The van der Waals surface area contributed by atoms with Crippen LogP contribution >= 0.6 is 0 Å². The quantitative estimate of drug-likeness (QED) is 0.697. The summed E-state index contributed by atoms with van der Waals surface area (Å²) in [7, 11) is 0. The Labute approximate surface area is 115 Å². The van der Waals surface area contributed by atoms with Gasteiger partial charge in [0.15, 0.2) is 0 Å². The van der Waals surface area contributed by atoms with Gasteiger partial charge in [0.25, 0.3) is 0 Å². The van der Waals surface area contributed by atoms with Crippen molar-refractivity contribution in [2.75, 3.05) is 19.6 Å². The van der Waals surface area contributed by atoms with Crippen molar-refractivity contribution in [3.63, 3.8) is 0 Å². The molecule has 108 valence electrons. The van der Waals surface area contributed by atoms with Crippen LogP contribution in [-0.4, -0.2) is 36.1 Å². The molecule has 0 aliphatic carbocycles. The van der Waals surface area contributed by atoms with Crippen LogP contribution in [0.1, 0.15) is 66.7 Å². The minimum absolute atomic E-state index is 0.267. The highest BCUT2D eigenvalue weighted by Gasteiger charge is 2.24. The largest absolute Gasteiger partial charge is 0.312 e. The Morgan fingerprint density at radius 2 is 2.06 bits per heavy atom. The average Bonchev–Trinajstić information content (AvgIpc) is 2.72. The fourth-order valence-electron chi connectivity index (χ4n) is 2.95. The SMILES string of the molecule is CCCC1CCN(C(C)CCCNC(C)(C)C)C1. The number of nitrogens with zero attached hydrogens (tertiary/aromatic N) is 1. The van der Waals surface area contributed by atoms with E-state index in [-0.39, 0.29) is 5.54 Å². The molecule has 0 radical (unpaired) electrons. The molecule has 2 unspecified atom stereocenters. The molecule has 1 fully saturated rings. The van der Waals surface area contributed by atoms with Gasteiger partial charge in [-0.15, -0.1) is 0 Å². The molecule has 1 heterocycles. The predicted molar refractivity (Wildman–Crippen MR) is 81.0 cm³/mol. The van der Waals surface area contributed by atoms with Crippen molar-refractivity contribution in [2.24, 2.45) is 5.92 Å². The van der Waals surface area contributed by atoms with Gasteiger partial charge < -0.3 is 10.2 Å². The number of hydrogen-bond acceptors (Lipinski definition) is 2. The second kappa shape index (κ2) is 7.49. The van der Waals surface area contributed by atoms with Gasteiger partial charge in [0.05, 0.1) is 0 Å². The van der Waals surface area contributed by atoms with E-state index in [0.29, 0.717) is 0 Å². The van der Waals surface area contributed by atoms with Gasteiger partial charge in [-0.1, -0.05) is 13.3 Å². The average molecular weight is 254 g/mol. The van der Waals surface area contributed by atoms with Crippen molar-refractivity contribution in [2.45, 2.75) is 78.3 Å². The maximum Gasteiger partial charge on any atom is 0.00965 e. The molecule has 2 nitrogen and oxygen atoms in total. The van der Waals surface area contributed by atoms with E-state index in [4.69, 9.17) is 0 Å². The molecule has 0 aromatic heterocycles. The van der Waals surface area contributed by atoms with Crippen LogP contribution in [0.2, 0.25) is 0 Å². The van der Waals surface area contributed by atoms with Gasteiger partial charge in [-0.3, -0.25) is 0 Å². The van der Waals surface area contributed by atoms with Gasteiger partial charge in [0.2, 0.25) is 0 Å². The van der Waals surface area contributed by atoms with Crippen LogP contribution < -0.4 is 5.32 Å².